The number of anilines is 2. The van der Waals surface area contributed by atoms with Crippen LogP contribution in [0.1, 0.15) is 5.56 Å². The van der Waals surface area contributed by atoms with Crippen LogP contribution in [0, 0.1) is 6.92 Å². The molecular formula is C12H12ClN3O2S. The summed E-state index contributed by atoms with van der Waals surface area (Å²) in [6.07, 6.45) is 3.00. The number of rotatable bonds is 3. The molecule has 1 aromatic carbocycles. The Morgan fingerprint density at radius 1 is 1.26 bits per heavy atom. The molecule has 0 unspecified atom stereocenters. The Hall–Kier alpha value is -1.79. The van der Waals surface area contributed by atoms with Gasteiger partial charge in [0.1, 0.15) is 0 Å². The lowest BCUT2D eigenvalue weighted by Crippen LogP contribution is -2.13. The topological polar surface area (TPSA) is 85.1 Å². The van der Waals surface area contributed by atoms with Crippen LogP contribution < -0.4 is 10.5 Å². The Kier molecular flexibility index (Phi) is 3.64. The number of sulfonamides is 1. The van der Waals surface area contributed by atoms with E-state index in [-0.39, 0.29) is 10.6 Å². The molecule has 0 radical (unpaired) electrons. The third-order valence-corrected chi connectivity index (χ3v) is 4.38. The summed E-state index contributed by atoms with van der Waals surface area (Å²) >= 11 is 5.91. The van der Waals surface area contributed by atoms with Crippen LogP contribution in [-0.2, 0) is 10.0 Å². The van der Waals surface area contributed by atoms with Crippen molar-refractivity contribution in [3.05, 3.63) is 47.2 Å². The van der Waals surface area contributed by atoms with Crippen LogP contribution in [0.4, 0.5) is 11.4 Å². The average molecular weight is 298 g/mol. The van der Waals surface area contributed by atoms with Crippen molar-refractivity contribution >= 4 is 33.0 Å². The first kappa shape index (κ1) is 13.6. The van der Waals surface area contributed by atoms with Gasteiger partial charge in [-0.3, -0.25) is 9.71 Å². The van der Waals surface area contributed by atoms with E-state index in [0.717, 1.165) is 0 Å². The number of nitrogens with one attached hydrogen (secondary N) is 1. The largest absolute Gasteiger partial charge is 0.397 e. The van der Waals surface area contributed by atoms with E-state index >= 15 is 0 Å². The van der Waals surface area contributed by atoms with E-state index in [1.54, 1.807) is 19.1 Å². The van der Waals surface area contributed by atoms with Crippen LogP contribution in [0.25, 0.3) is 0 Å². The molecule has 0 aliphatic rings. The molecule has 0 saturated carbocycles. The minimum atomic E-state index is -3.69. The maximum absolute atomic E-state index is 12.2. The van der Waals surface area contributed by atoms with Crippen molar-refractivity contribution in [2.75, 3.05) is 10.5 Å². The van der Waals surface area contributed by atoms with E-state index < -0.39 is 10.0 Å². The maximum atomic E-state index is 12.2. The highest BCUT2D eigenvalue weighted by Gasteiger charge is 2.16. The number of nitrogens with two attached hydrogens (primary N) is 1. The predicted octanol–water partition coefficient (Wildman–Crippen LogP) is 2.43. The highest BCUT2D eigenvalue weighted by atomic mass is 35.5. The van der Waals surface area contributed by atoms with Crippen LogP contribution in [-0.4, -0.2) is 13.4 Å². The highest BCUT2D eigenvalue weighted by Crippen LogP contribution is 2.27. The summed E-state index contributed by atoms with van der Waals surface area (Å²) in [6.45, 7) is 1.70. The SMILES string of the molecule is Cc1cc(S(=O)(=O)Nc2ccncc2)cc(N)c1Cl. The molecule has 0 saturated heterocycles. The van der Waals surface area contributed by atoms with E-state index in [9.17, 15) is 8.42 Å². The lowest BCUT2D eigenvalue weighted by atomic mass is 10.2. The number of hydrogen-bond acceptors (Lipinski definition) is 4. The van der Waals surface area contributed by atoms with E-state index in [0.29, 0.717) is 16.3 Å². The van der Waals surface area contributed by atoms with E-state index in [1.165, 1.54) is 24.5 Å². The molecule has 0 aliphatic heterocycles. The van der Waals surface area contributed by atoms with Crippen LogP contribution in [0.5, 0.6) is 0 Å². The number of pyridine rings is 1. The predicted molar refractivity (Wildman–Crippen MR) is 75.6 cm³/mol. The second-order valence-corrected chi connectivity index (χ2v) is 6.05. The number of aromatic nitrogens is 1. The second kappa shape index (κ2) is 5.07. The van der Waals surface area contributed by atoms with Crippen LogP contribution in [0.3, 0.4) is 0 Å². The van der Waals surface area contributed by atoms with Gasteiger partial charge in [-0.25, -0.2) is 8.42 Å². The lowest BCUT2D eigenvalue weighted by molar-refractivity contribution is 0.601. The van der Waals surface area contributed by atoms with Gasteiger partial charge in [0.05, 0.1) is 21.3 Å². The number of nitrogens with zero attached hydrogens (tertiary/aromatic N) is 1. The summed E-state index contributed by atoms with van der Waals surface area (Å²) in [4.78, 5) is 3.89. The fourth-order valence-electron chi connectivity index (χ4n) is 1.55. The smallest absolute Gasteiger partial charge is 0.261 e. The van der Waals surface area contributed by atoms with Gasteiger partial charge in [0.15, 0.2) is 0 Å². The Bertz CT molecular complexity index is 679. The molecule has 7 heteroatoms. The van der Waals surface area contributed by atoms with Gasteiger partial charge in [-0.15, -0.1) is 0 Å². The van der Waals surface area contributed by atoms with Crippen molar-refractivity contribution < 1.29 is 8.42 Å². The van der Waals surface area contributed by atoms with E-state index in [1.807, 2.05) is 0 Å². The van der Waals surface area contributed by atoms with Crippen molar-refractivity contribution in [3.8, 4) is 0 Å². The molecule has 2 aromatic rings. The zero-order valence-corrected chi connectivity index (χ0v) is 11.7. The van der Waals surface area contributed by atoms with Gasteiger partial charge in [0.25, 0.3) is 10.0 Å². The molecule has 19 heavy (non-hydrogen) atoms. The molecule has 1 aromatic heterocycles. The number of nitrogen functional groups attached to an aromatic ring is 1. The van der Waals surface area contributed by atoms with Crippen molar-refractivity contribution in [1.82, 2.24) is 4.98 Å². The molecule has 0 spiro atoms. The van der Waals surface area contributed by atoms with Crippen molar-refractivity contribution in [2.45, 2.75) is 11.8 Å². The van der Waals surface area contributed by atoms with Gasteiger partial charge in [-0.2, -0.15) is 0 Å². The molecule has 0 bridgehead atoms. The molecule has 3 N–H and O–H groups in total. The van der Waals surface area contributed by atoms with E-state index in [4.69, 9.17) is 17.3 Å². The summed E-state index contributed by atoms with van der Waals surface area (Å²) in [7, 11) is -3.69. The summed E-state index contributed by atoms with van der Waals surface area (Å²) in [6, 6.07) is 5.93. The minimum Gasteiger partial charge on any atom is -0.397 e. The zero-order valence-electron chi connectivity index (χ0n) is 10.1. The second-order valence-electron chi connectivity index (χ2n) is 3.98. The van der Waals surface area contributed by atoms with Crippen LogP contribution in [0.15, 0.2) is 41.6 Å². The van der Waals surface area contributed by atoms with Crippen LogP contribution >= 0.6 is 11.6 Å². The van der Waals surface area contributed by atoms with Crippen molar-refractivity contribution in [2.24, 2.45) is 0 Å². The Balaban J connectivity index is 2.40. The maximum Gasteiger partial charge on any atom is 0.261 e. The van der Waals surface area contributed by atoms with Gasteiger partial charge in [0.2, 0.25) is 0 Å². The minimum absolute atomic E-state index is 0.0729. The van der Waals surface area contributed by atoms with Crippen LogP contribution in [0.2, 0.25) is 5.02 Å². The normalized spacial score (nSPS) is 11.3. The number of halogens is 1. The molecule has 0 atom stereocenters. The van der Waals surface area contributed by atoms with E-state index in [2.05, 4.69) is 9.71 Å². The van der Waals surface area contributed by atoms with Crippen molar-refractivity contribution in [1.29, 1.82) is 0 Å². The first-order valence-corrected chi connectivity index (χ1v) is 7.25. The third-order valence-electron chi connectivity index (χ3n) is 2.50. The Morgan fingerprint density at radius 2 is 1.89 bits per heavy atom. The van der Waals surface area contributed by atoms with Gasteiger partial charge >= 0.3 is 0 Å². The monoisotopic (exact) mass is 297 g/mol. The summed E-state index contributed by atoms with van der Waals surface area (Å²) < 4.78 is 26.8. The van der Waals surface area contributed by atoms with Gasteiger partial charge in [-0.1, -0.05) is 11.6 Å². The fraction of sp³-hybridized carbons (Fsp3) is 0.0833. The van der Waals surface area contributed by atoms with Crippen molar-refractivity contribution in [3.63, 3.8) is 0 Å². The summed E-state index contributed by atoms with van der Waals surface area (Å²) in [5.41, 5.74) is 6.95. The summed E-state index contributed by atoms with van der Waals surface area (Å²) in [5.74, 6) is 0. The third kappa shape index (κ3) is 2.97. The number of hydrogen-bond donors (Lipinski definition) is 2. The van der Waals surface area contributed by atoms with Gasteiger partial charge < -0.3 is 5.73 Å². The first-order chi connectivity index (χ1) is 8.90. The standard InChI is InChI=1S/C12H12ClN3O2S/c1-8-6-10(7-11(14)12(8)13)19(17,18)16-9-2-4-15-5-3-9/h2-7H,14H2,1H3,(H,15,16). The molecular weight excluding hydrogens is 286 g/mol. The zero-order chi connectivity index (χ0) is 14.0. The Labute approximate surface area is 116 Å². The quantitative estimate of drug-likeness (QED) is 0.852. The summed E-state index contributed by atoms with van der Waals surface area (Å²) in [5, 5.41) is 0.364. The molecule has 1 heterocycles. The molecule has 2 rings (SSSR count). The first-order valence-electron chi connectivity index (χ1n) is 5.38. The average Bonchev–Trinajstić information content (AvgIpc) is 2.36. The number of aryl methyl sites for hydroxylation is 1. The molecule has 5 nitrogen and oxygen atoms in total. The van der Waals surface area contributed by atoms with Gasteiger partial charge in [0, 0.05) is 12.4 Å². The number of benzene rings is 1. The highest BCUT2D eigenvalue weighted by molar-refractivity contribution is 7.92. The molecule has 100 valence electrons. The Morgan fingerprint density at radius 3 is 2.47 bits per heavy atom. The molecule has 0 aliphatic carbocycles. The van der Waals surface area contributed by atoms with Gasteiger partial charge in [-0.05, 0) is 36.8 Å². The lowest BCUT2D eigenvalue weighted by Gasteiger charge is -2.10. The fourth-order valence-corrected chi connectivity index (χ4v) is 2.84. The molecule has 0 amide bonds. The molecule has 0 fully saturated rings.